The smallest absolute Gasteiger partial charge is 0.330 e. The van der Waals surface area contributed by atoms with Crippen molar-refractivity contribution >= 4 is 11.9 Å². The molecule has 0 atom stereocenters. The van der Waals surface area contributed by atoms with Gasteiger partial charge in [-0.15, -0.1) is 0 Å². The Labute approximate surface area is 154 Å². The number of aliphatic hydroxyl groups is 2. The Balaban J connectivity index is -0.000000342. The molecule has 154 valence electrons. The number of carbonyl (C=O) groups is 2. The highest BCUT2D eigenvalue weighted by molar-refractivity contribution is 5.85. The number of allylic oxidation sites excluding steroid dienone is 1. The summed E-state index contributed by atoms with van der Waals surface area (Å²) in [5, 5.41) is 32.7. The molecule has 0 aliphatic carbocycles. The van der Waals surface area contributed by atoms with Gasteiger partial charge in [0.05, 0.1) is 52.9 Å². The van der Waals surface area contributed by atoms with Crippen LogP contribution in [0.25, 0.3) is 0 Å². The molecular formula is C17H32O9. The van der Waals surface area contributed by atoms with Gasteiger partial charge in [-0.3, -0.25) is 0 Å². The summed E-state index contributed by atoms with van der Waals surface area (Å²) in [6.07, 6.45) is 1.56. The van der Waals surface area contributed by atoms with Gasteiger partial charge in [0.15, 0.2) is 0 Å². The van der Waals surface area contributed by atoms with Crippen LogP contribution in [-0.4, -0.2) is 85.2 Å². The molecule has 4 N–H and O–H groups in total. The first-order valence-electron chi connectivity index (χ1n) is 7.94. The van der Waals surface area contributed by atoms with Gasteiger partial charge in [0.1, 0.15) is 0 Å². The Bertz CT molecular complexity index is 370. The van der Waals surface area contributed by atoms with Crippen LogP contribution in [0.5, 0.6) is 0 Å². The van der Waals surface area contributed by atoms with Crippen molar-refractivity contribution < 1.29 is 44.2 Å². The lowest BCUT2D eigenvalue weighted by Crippen LogP contribution is -2.11. The Morgan fingerprint density at radius 3 is 1.27 bits per heavy atom. The van der Waals surface area contributed by atoms with Gasteiger partial charge in [0.2, 0.25) is 0 Å². The van der Waals surface area contributed by atoms with Gasteiger partial charge < -0.3 is 34.6 Å². The van der Waals surface area contributed by atoms with Crippen LogP contribution < -0.4 is 0 Å². The molecule has 0 rings (SSSR count). The maximum absolute atomic E-state index is 9.86. The van der Waals surface area contributed by atoms with Crippen LogP contribution in [0.2, 0.25) is 0 Å². The van der Waals surface area contributed by atoms with E-state index in [1.807, 2.05) is 0 Å². The Morgan fingerprint density at radius 1 is 0.808 bits per heavy atom. The molecule has 0 radical (unpaired) electrons. The Kier molecular flexibility index (Phi) is 25.9. The molecule has 0 aromatic rings. The highest BCUT2D eigenvalue weighted by Crippen LogP contribution is 1.87. The predicted molar refractivity (Wildman–Crippen MR) is 96.1 cm³/mol. The fourth-order valence-corrected chi connectivity index (χ4v) is 0.794. The standard InChI is InChI=1S/C8H18O5.C5H8O2.C4H6O2/c9-1-3-11-5-7-13-8-6-12-4-2-10;1-3-4(2)5(6)7;1-3(2)4(5)6/h9-10H,1-8H2;3H,1-2H3,(H,6,7);1H2,2H3,(H,5,6). The van der Waals surface area contributed by atoms with E-state index in [-0.39, 0.29) is 18.8 Å². The van der Waals surface area contributed by atoms with Gasteiger partial charge >= 0.3 is 11.9 Å². The van der Waals surface area contributed by atoms with Crippen LogP contribution in [0, 0.1) is 0 Å². The third-order valence-corrected chi connectivity index (χ3v) is 2.35. The fraction of sp³-hybridized carbons (Fsp3) is 0.647. The zero-order valence-corrected chi connectivity index (χ0v) is 15.8. The van der Waals surface area contributed by atoms with E-state index in [4.69, 9.17) is 34.6 Å². The molecule has 9 heteroatoms. The summed E-state index contributed by atoms with van der Waals surface area (Å²) in [7, 11) is 0. The molecule has 26 heavy (non-hydrogen) atoms. The molecule has 9 nitrogen and oxygen atoms in total. The van der Waals surface area contributed by atoms with E-state index >= 15 is 0 Å². The molecule has 0 fully saturated rings. The summed E-state index contributed by atoms with van der Waals surface area (Å²) in [6.45, 7) is 10.6. The molecule has 0 bridgehead atoms. The summed E-state index contributed by atoms with van der Waals surface area (Å²) in [5.41, 5.74) is 0.565. The summed E-state index contributed by atoms with van der Waals surface area (Å²) >= 11 is 0. The normalized spacial score (nSPS) is 10.1. The Hall–Kier alpha value is -1.78. The maximum Gasteiger partial charge on any atom is 0.330 e. The highest BCUT2D eigenvalue weighted by atomic mass is 16.5. The van der Waals surface area contributed by atoms with Crippen molar-refractivity contribution in [3.63, 3.8) is 0 Å². The minimum Gasteiger partial charge on any atom is -0.478 e. The van der Waals surface area contributed by atoms with Crippen LogP contribution in [0.1, 0.15) is 20.8 Å². The van der Waals surface area contributed by atoms with Gasteiger partial charge in [0, 0.05) is 11.1 Å². The number of hydrogen-bond donors (Lipinski definition) is 4. The van der Waals surface area contributed by atoms with E-state index < -0.39 is 11.9 Å². The number of carboxylic acids is 2. The second-order valence-corrected chi connectivity index (χ2v) is 4.65. The molecule has 0 saturated heterocycles. The van der Waals surface area contributed by atoms with Crippen molar-refractivity contribution in [3.05, 3.63) is 23.8 Å². The van der Waals surface area contributed by atoms with Crippen molar-refractivity contribution in [2.45, 2.75) is 20.8 Å². The van der Waals surface area contributed by atoms with Crippen LogP contribution in [0.3, 0.4) is 0 Å². The third kappa shape index (κ3) is 30.1. The molecule has 0 spiro atoms. The lowest BCUT2D eigenvalue weighted by molar-refractivity contribution is -0.133. The molecular weight excluding hydrogens is 348 g/mol. The second kappa shape index (κ2) is 23.2. The van der Waals surface area contributed by atoms with Crippen LogP contribution >= 0.6 is 0 Å². The van der Waals surface area contributed by atoms with Crippen molar-refractivity contribution in [2.24, 2.45) is 0 Å². The van der Waals surface area contributed by atoms with Crippen molar-refractivity contribution in [1.82, 2.24) is 0 Å². The Morgan fingerprint density at radius 2 is 1.12 bits per heavy atom. The summed E-state index contributed by atoms with van der Waals surface area (Å²) in [4.78, 5) is 19.5. The predicted octanol–water partition coefficient (Wildman–Crippen LogP) is 0.705. The average Bonchev–Trinajstić information content (AvgIpc) is 2.60. The zero-order chi connectivity index (χ0) is 20.8. The monoisotopic (exact) mass is 380 g/mol. The zero-order valence-electron chi connectivity index (χ0n) is 15.8. The first kappa shape index (κ1) is 29.0. The molecule has 0 amide bonds. The van der Waals surface area contributed by atoms with Gasteiger partial charge in [-0.25, -0.2) is 9.59 Å². The van der Waals surface area contributed by atoms with Crippen LogP contribution in [-0.2, 0) is 23.8 Å². The highest BCUT2D eigenvalue weighted by Gasteiger charge is 1.93. The fourth-order valence-electron chi connectivity index (χ4n) is 0.794. The third-order valence-electron chi connectivity index (χ3n) is 2.35. The van der Waals surface area contributed by atoms with E-state index in [2.05, 4.69) is 6.58 Å². The van der Waals surface area contributed by atoms with Crippen LogP contribution in [0.4, 0.5) is 0 Å². The molecule has 0 heterocycles. The quantitative estimate of drug-likeness (QED) is 0.284. The van der Waals surface area contributed by atoms with E-state index in [0.717, 1.165) is 0 Å². The van der Waals surface area contributed by atoms with Crippen molar-refractivity contribution in [1.29, 1.82) is 0 Å². The van der Waals surface area contributed by atoms with Gasteiger partial charge in [-0.2, -0.15) is 0 Å². The van der Waals surface area contributed by atoms with Crippen molar-refractivity contribution in [2.75, 3.05) is 52.9 Å². The van der Waals surface area contributed by atoms with Crippen molar-refractivity contribution in [3.8, 4) is 0 Å². The van der Waals surface area contributed by atoms with E-state index in [1.54, 1.807) is 19.9 Å². The first-order valence-corrected chi connectivity index (χ1v) is 7.94. The summed E-state index contributed by atoms with van der Waals surface area (Å²) in [5.74, 6) is -1.78. The van der Waals surface area contributed by atoms with Crippen LogP contribution in [0.15, 0.2) is 23.8 Å². The first-order chi connectivity index (χ1) is 12.2. The van der Waals surface area contributed by atoms with Gasteiger partial charge in [-0.1, -0.05) is 12.7 Å². The number of ether oxygens (including phenoxy) is 3. The minimum atomic E-state index is -0.935. The second-order valence-electron chi connectivity index (χ2n) is 4.65. The summed E-state index contributed by atoms with van der Waals surface area (Å²) < 4.78 is 15.0. The van der Waals surface area contributed by atoms with Gasteiger partial charge in [0.25, 0.3) is 0 Å². The topological polar surface area (TPSA) is 143 Å². The number of aliphatic hydroxyl groups excluding tert-OH is 2. The minimum absolute atomic E-state index is 0.0413. The maximum atomic E-state index is 9.86. The van der Waals surface area contributed by atoms with E-state index in [1.165, 1.54) is 6.92 Å². The van der Waals surface area contributed by atoms with E-state index in [0.29, 0.717) is 45.2 Å². The largest absolute Gasteiger partial charge is 0.478 e. The molecule has 0 aromatic carbocycles. The number of hydrogen-bond acceptors (Lipinski definition) is 7. The molecule has 0 saturated carbocycles. The number of rotatable bonds is 12. The lowest BCUT2D eigenvalue weighted by atomic mass is 10.3. The molecule has 0 unspecified atom stereocenters. The summed E-state index contributed by atoms with van der Waals surface area (Å²) in [6, 6.07) is 0. The molecule has 0 aliphatic heterocycles. The SMILES string of the molecule is C=C(C)C(=O)O.CC=C(C)C(=O)O.OCCOCCOCCOCCO. The number of aliphatic carboxylic acids is 2. The van der Waals surface area contributed by atoms with E-state index in [9.17, 15) is 9.59 Å². The van der Waals surface area contributed by atoms with Gasteiger partial charge in [-0.05, 0) is 20.8 Å². The average molecular weight is 380 g/mol. The molecule has 0 aliphatic rings. The lowest BCUT2D eigenvalue weighted by Gasteiger charge is -2.04. The number of carboxylic acid groups (broad SMARTS) is 2. The molecule has 0 aromatic heterocycles.